The summed E-state index contributed by atoms with van der Waals surface area (Å²) in [7, 11) is -2.26. The van der Waals surface area contributed by atoms with E-state index in [1.165, 1.54) is 24.8 Å². The summed E-state index contributed by atoms with van der Waals surface area (Å²) in [5.74, 6) is 0. The van der Waals surface area contributed by atoms with Crippen molar-refractivity contribution in [2.75, 3.05) is 0 Å². The maximum absolute atomic E-state index is 5.99. The number of nitrogens with zero attached hydrogens (tertiary/aromatic N) is 1. The third kappa shape index (κ3) is 4.52. The van der Waals surface area contributed by atoms with Gasteiger partial charge in [-0.05, 0) is 0 Å². The Morgan fingerprint density at radius 3 is 0.939 bits per heavy atom. The van der Waals surface area contributed by atoms with Crippen molar-refractivity contribution in [3.05, 3.63) is 152 Å². The van der Waals surface area contributed by atoms with E-state index in [0.717, 1.165) is 0 Å². The first-order valence-corrected chi connectivity index (χ1v) is 15.2. The first-order chi connectivity index (χ1) is 16.4. The molecular formula is C30H25NPSe+. The molecule has 0 saturated carbocycles. The minimum atomic E-state index is -2.26. The van der Waals surface area contributed by atoms with E-state index in [1.807, 2.05) is 0 Å². The molecule has 0 amide bonds. The van der Waals surface area contributed by atoms with Gasteiger partial charge in [0, 0.05) is 0 Å². The molecule has 5 aromatic rings. The van der Waals surface area contributed by atoms with Crippen molar-refractivity contribution in [2.45, 2.75) is 0 Å². The fraction of sp³-hybridized carbons (Fsp3) is 0. The van der Waals surface area contributed by atoms with Crippen LogP contribution in [0.1, 0.15) is 0 Å². The van der Waals surface area contributed by atoms with Gasteiger partial charge in [0.05, 0.1) is 0 Å². The van der Waals surface area contributed by atoms with Crippen LogP contribution in [0.15, 0.2) is 155 Å². The molecule has 0 aliphatic rings. The summed E-state index contributed by atoms with van der Waals surface area (Å²) in [6.07, 6.45) is 0. The summed E-state index contributed by atoms with van der Waals surface area (Å²) < 4.78 is 8.65. The molecule has 33 heavy (non-hydrogen) atoms. The zero-order chi connectivity index (χ0) is 22.3. The van der Waals surface area contributed by atoms with Crippen LogP contribution in [0.4, 0.5) is 0 Å². The Bertz CT molecular complexity index is 1200. The van der Waals surface area contributed by atoms with Crippen LogP contribution in [0.3, 0.4) is 0 Å². The number of hydrogen-bond acceptors (Lipinski definition) is 1. The van der Waals surface area contributed by atoms with Crippen molar-refractivity contribution in [2.24, 2.45) is 3.76 Å². The van der Waals surface area contributed by atoms with Crippen LogP contribution >= 0.6 is 7.05 Å². The van der Waals surface area contributed by atoms with E-state index in [0.29, 0.717) is 0 Å². The molecule has 5 aromatic carbocycles. The second kappa shape index (κ2) is 10.2. The molecular weight excluding hydrogens is 484 g/mol. The molecule has 0 saturated heterocycles. The monoisotopic (exact) mass is 510 g/mol. The molecule has 0 aliphatic carbocycles. The van der Waals surface area contributed by atoms with Gasteiger partial charge in [0.25, 0.3) is 0 Å². The summed E-state index contributed by atoms with van der Waals surface area (Å²) >= 11 is -1.73. The van der Waals surface area contributed by atoms with Crippen molar-refractivity contribution in [1.82, 2.24) is 0 Å². The summed E-state index contributed by atoms with van der Waals surface area (Å²) in [6, 6.07) is 54.4. The van der Waals surface area contributed by atoms with Crippen LogP contribution in [0, 0.1) is 0 Å². The van der Waals surface area contributed by atoms with E-state index < -0.39 is 21.2 Å². The predicted octanol–water partition coefficient (Wildman–Crippen LogP) is 4.97. The van der Waals surface area contributed by atoms with Crippen LogP contribution in [-0.4, -0.2) is 14.1 Å². The Morgan fingerprint density at radius 1 is 0.364 bits per heavy atom. The van der Waals surface area contributed by atoms with Gasteiger partial charge in [-0.1, -0.05) is 0 Å². The summed E-state index contributed by atoms with van der Waals surface area (Å²) in [6.45, 7) is 0. The Labute approximate surface area is 200 Å². The van der Waals surface area contributed by atoms with Gasteiger partial charge < -0.3 is 0 Å². The Balaban J connectivity index is 1.90. The van der Waals surface area contributed by atoms with E-state index in [-0.39, 0.29) is 0 Å². The van der Waals surface area contributed by atoms with Crippen molar-refractivity contribution < 1.29 is 0 Å². The summed E-state index contributed by atoms with van der Waals surface area (Å²) in [4.78, 5) is 0. The molecule has 0 aromatic heterocycles. The van der Waals surface area contributed by atoms with Crippen molar-refractivity contribution >= 4 is 46.0 Å². The van der Waals surface area contributed by atoms with Gasteiger partial charge in [0.15, 0.2) is 0 Å². The van der Waals surface area contributed by atoms with E-state index in [2.05, 4.69) is 152 Å². The van der Waals surface area contributed by atoms with Crippen molar-refractivity contribution in [3.8, 4) is 0 Å². The van der Waals surface area contributed by atoms with E-state index in [1.54, 1.807) is 0 Å². The molecule has 0 radical (unpaired) electrons. The van der Waals surface area contributed by atoms with Gasteiger partial charge >= 0.3 is 201 Å². The molecule has 0 heterocycles. The zero-order valence-corrected chi connectivity index (χ0v) is 20.8. The molecule has 5 rings (SSSR count). The van der Waals surface area contributed by atoms with Gasteiger partial charge in [0.2, 0.25) is 0 Å². The van der Waals surface area contributed by atoms with Gasteiger partial charge in [0.1, 0.15) is 0 Å². The van der Waals surface area contributed by atoms with Crippen LogP contribution < -0.4 is 24.8 Å². The van der Waals surface area contributed by atoms with Crippen molar-refractivity contribution in [1.29, 1.82) is 0 Å². The molecule has 0 aliphatic heterocycles. The number of rotatable bonds is 6. The third-order valence-electron chi connectivity index (χ3n) is 5.53. The fourth-order valence-electron chi connectivity index (χ4n) is 3.97. The Morgan fingerprint density at radius 2 is 0.636 bits per heavy atom. The maximum atomic E-state index is 5.99. The average molecular weight is 509 g/mol. The predicted molar refractivity (Wildman–Crippen MR) is 145 cm³/mol. The first-order valence-electron chi connectivity index (χ1n) is 11.0. The molecule has 1 nitrogen and oxygen atoms in total. The molecule has 0 bridgehead atoms. The molecule has 160 valence electrons. The second-order valence-corrected chi connectivity index (χ2v) is 14.8. The first kappa shape index (κ1) is 21.7. The Kier molecular flexibility index (Phi) is 6.70. The van der Waals surface area contributed by atoms with E-state index in [9.17, 15) is 0 Å². The topological polar surface area (TPSA) is 12.4 Å². The number of benzene rings is 5. The summed E-state index contributed by atoms with van der Waals surface area (Å²) in [5.41, 5.74) is 0. The standard InChI is InChI=1S/C30H25NPSe/c1-6-16-26(17-7-1)32(27-18-8-2-9-19-27,28-20-10-3-11-21-28)31-33(29-22-12-4-13-23-29)30-24-14-5-15-25-30/h1-25H/q+1. The molecule has 0 atom stereocenters. The molecule has 0 fully saturated rings. The Hall–Kier alpha value is -3.15. The van der Waals surface area contributed by atoms with E-state index in [4.69, 9.17) is 3.76 Å². The van der Waals surface area contributed by atoms with Crippen LogP contribution in [0.25, 0.3) is 0 Å². The normalized spacial score (nSPS) is 11.3. The van der Waals surface area contributed by atoms with Crippen molar-refractivity contribution in [3.63, 3.8) is 0 Å². The SMILES string of the molecule is c1ccc([Se+](N=P(c2ccccc2)(c2ccccc2)c2ccccc2)c2ccccc2)cc1. The average Bonchev–Trinajstić information content (AvgIpc) is 2.92. The van der Waals surface area contributed by atoms with Crippen LogP contribution in [-0.2, 0) is 0 Å². The van der Waals surface area contributed by atoms with Gasteiger partial charge in [-0.15, -0.1) is 0 Å². The van der Waals surface area contributed by atoms with E-state index >= 15 is 0 Å². The zero-order valence-electron chi connectivity index (χ0n) is 18.2. The molecule has 0 N–H and O–H groups in total. The third-order valence-corrected chi connectivity index (χ3v) is 14.7. The van der Waals surface area contributed by atoms with Crippen LogP contribution in [0.2, 0.25) is 0 Å². The second-order valence-electron chi connectivity index (χ2n) is 7.63. The molecule has 0 spiro atoms. The fourth-order valence-corrected chi connectivity index (χ4v) is 14.2. The minimum absolute atomic E-state index is 1.29. The number of hydrogen-bond donors (Lipinski definition) is 0. The van der Waals surface area contributed by atoms with Gasteiger partial charge in [-0.2, -0.15) is 0 Å². The van der Waals surface area contributed by atoms with Gasteiger partial charge in [-0.3, -0.25) is 0 Å². The van der Waals surface area contributed by atoms with Gasteiger partial charge in [-0.25, -0.2) is 0 Å². The molecule has 3 heteroatoms. The molecule has 0 unspecified atom stereocenters. The quantitative estimate of drug-likeness (QED) is 0.227. The summed E-state index contributed by atoms with van der Waals surface area (Å²) in [5, 5.41) is 3.88. The van der Waals surface area contributed by atoms with Crippen LogP contribution in [0.5, 0.6) is 0 Å².